The highest BCUT2D eigenvalue weighted by Gasteiger charge is 2.12. The van der Waals surface area contributed by atoms with Crippen LogP contribution in [0, 0.1) is 11.6 Å². The van der Waals surface area contributed by atoms with Gasteiger partial charge >= 0.3 is 0 Å². The van der Waals surface area contributed by atoms with Gasteiger partial charge in [-0.2, -0.15) is 0 Å². The van der Waals surface area contributed by atoms with E-state index in [4.69, 9.17) is 23.2 Å². The molecular weight excluding hydrogens is 345 g/mol. The highest BCUT2D eigenvalue weighted by molar-refractivity contribution is 6.42. The van der Waals surface area contributed by atoms with Crippen LogP contribution in [0.25, 0.3) is 0 Å². The molecule has 1 atom stereocenters. The number of amides is 1. The van der Waals surface area contributed by atoms with Crippen LogP contribution in [-0.2, 0) is 11.3 Å². The average molecular weight is 360 g/mol. The van der Waals surface area contributed by atoms with Crippen LogP contribution in [0.1, 0.15) is 5.56 Å². The van der Waals surface area contributed by atoms with Gasteiger partial charge in [-0.05, 0) is 24.3 Å². The summed E-state index contributed by atoms with van der Waals surface area (Å²) < 4.78 is 25.9. The fourth-order valence-corrected chi connectivity index (χ4v) is 2.43. The molecule has 0 heterocycles. The van der Waals surface area contributed by atoms with Crippen LogP contribution in [0.15, 0.2) is 36.4 Å². The van der Waals surface area contributed by atoms with E-state index in [1.165, 1.54) is 6.07 Å². The normalized spacial score (nSPS) is 12.0. The van der Waals surface area contributed by atoms with Crippen LogP contribution in [0.3, 0.4) is 0 Å². The minimum atomic E-state index is -1.00. The van der Waals surface area contributed by atoms with Crippen molar-refractivity contribution in [3.05, 3.63) is 63.6 Å². The lowest BCUT2D eigenvalue weighted by Gasteiger charge is -2.14. The Bertz CT molecular complexity index is 725. The maximum Gasteiger partial charge on any atom is 0.279 e. The van der Waals surface area contributed by atoms with Crippen molar-refractivity contribution >= 4 is 34.8 Å². The summed E-state index contributed by atoms with van der Waals surface area (Å²) in [4.78, 5) is 12.8. The number of rotatable bonds is 5. The molecule has 2 aromatic rings. The molecule has 7 heteroatoms. The second kappa shape index (κ2) is 7.73. The lowest BCUT2D eigenvalue weighted by atomic mass is 10.2. The number of carbonyl (C=O) groups is 1. The number of hydrogen-bond donors (Lipinski definition) is 2. The lowest BCUT2D eigenvalue weighted by molar-refractivity contribution is -0.885. The van der Waals surface area contributed by atoms with Gasteiger partial charge in [-0.3, -0.25) is 4.79 Å². The Labute approximate surface area is 142 Å². The first-order valence-electron chi connectivity index (χ1n) is 6.85. The summed E-state index contributed by atoms with van der Waals surface area (Å²) in [6.07, 6.45) is 0. The molecule has 1 amide bonds. The van der Waals surface area contributed by atoms with Crippen molar-refractivity contribution in [1.82, 2.24) is 0 Å². The van der Waals surface area contributed by atoms with Crippen molar-refractivity contribution in [3.63, 3.8) is 0 Å². The van der Waals surface area contributed by atoms with Crippen molar-refractivity contribution in [1.29, 1.82) is 0 Å². The van der Waals surface area contributed by atoms with Gasteiger partial charge in [-0.25, -0.2) is 8.78 Å². The van der Waals surface area contributed by atoms with Crippen molar-refractivity contribution in [3.8, 4) is 0 Å². The van der Waals surface area contributed by atoms with Gasteiger partial charge in [0.2, 0.25) is 0 Å². The molecule has 1 unspecified atom stereocenters. The molecule has 0 aromatic heterocycles. The molecule has 2 rings (SSSR count). The zero-order valence-electron chi connectivity index (χ0n) is 12.3. The van der Waals surface area contributed by atoms with E-state index in [0.29, 0.717) is 16.6 Å². The number of nitrogens with one attached hydrogen (secondary N) is 2. The first-order valence-corrected chi connectivity index (χ1v) is 7.61. The maximum absolute atomic E-state index is 13.1. The molecule has 0 aliphatic heterocycles. The van der Waals surface area contributed by atoms with Crippen molar-refractivity contribution < 1.29 is 18.5 Å². The fourth-order valence-electron chi connectivity index (χ4n) is 2.11. The number of carbonyl (C=O) groups excluding carboxylic acids is 1. The molecule has 23 heavy (non-hydrogen) atoms. The van der Waals surface area contributed by atoms with Crippen LogP contribution < -0.4 is 10.2 Å². The van der Waals surface area contributed by atoms with Gasteiger partial charge in [0.25, 0.3) is 5.91 Å². The third-order valence-corrected chi connectivity index (χ3v) is 3.89. The smallest absolute Gasteiger partial charge is 0.279 e. The van der Waals surface area contributed by atoms with E-state index in [1.807, 2.05) is 13.1 Å². The highest BCUT2D eigenvalue weighted by Crippen LogP contribution is 2.22. The topological polar surface area (TPSA) is 33.5 Å². The van der Waals surface area contributed by atoms with E-state index >= 15 is 0 Å². The summed E-state index contributed by atoms with van der Waals surface area (Å²) in [5.41, 5.74) is 1.16. The highest BCUT2D eigenvalue weighted by atomic mass is 35.5. The fraction of sp³-hybridized carbons (Fsp3) is 0.188. The van der Waals surface area contributed by atoms with Gasteiger partial charge in [-0.15, -0.1) is 0 Å². The third kappa shape index (κ3) is 5.16. The van der Waals surface area contributed by atoms with Gasteiger partial charge in [0, 0.05) is 17.3 Å². The Morgan fingerprint density at radius 3 is 2.48 bits per heavy atom. The number of quaternary nitrogens is 1. The van der Waals surface area contributed by atoms with Crippen molar-refractivity contribution in [2.24, 2.45) is 0 Å². The zero-order chi connectivity index (χ0) is 17.0. The molecule has 3 nitrogen and oxygen atoms in total. The van der Waals surface area contributed by atoms with Crippen molar-refractivity contribution in [2.45, 2.75) is 6.54 Å². The first kappa shape index (κ1) is 17.7. The molecule has 0 aliphatic carbocycles. The summed E-state index contributed by atoms with van der Waals surface area (Å²) in [5.74, 6) is -2.25. The van der Waals surface area contributed by atoms with Crippen molar-refractivity contribution in [2.75, 3.05) is 18.9 Å². The summed E-state index contributed by atoms with van der Waals surface area (Å²) >= 11 is 11.8. The number of halogens is 4. The minimum Gasteiger partial charge on any atom is -0.326 e. The van der Waals surface area contributed by atoms with Crippen LogP contribution in [0.4, 0.5) is 14.5 Å². The standard InChI is InChI=1S/C16H14Cl2F2N2O/c1-22(8-10-2-4-12(17)13(18)6-10)9-16(23)21-11-3-5-14(19)15(20)7-11/h2-7H,8-9H2,1H3,(H,21,23)/p+1. The van der Waals surface area contributed by atoms with E-state index in [9.17, 15) is 13.6 Å². The third-order valence-electron chi connectivity index (χ3n) is 3.16. The van der Waals surface area contributed by atoms with Crippen LogP contribution in [0.5, 0.6) is 0 Å². The van der Waals surface area contributed by atoms with E-state index < -0.39 is 11.6 Å². The molecule has 0 aliphatic rings. The van der Waals surface area contributed by atoms with Gasteiger partial charge < -0.3 is 10.2 Å². The molecule has 122 valence electrons. The molecule has 0 saturated carbocycles. The van der Waals surface area contributed by atoms with Gasteiger partial charge in [0.05, 0.1) is 17.1 Å². The SMILES string of the molecule is C[NH+](CC(=O)Nc1ccc(F)c(F)c1)Cc1ccc(Cl)c(Cl)c1. The maximum atomic E-state index is 13.1. The summed E-state index contributed by atoms with van der Waals surface area (Å²) in [6, 6.07) is 8.52. The Morgan fingerprint density at radius 1 is 1.09 bits per heavy atom. The van der Waals surface area contributed by atoms with Crippen LogP contribution >= 0.6 is 23.2 Å². The second-order valence-electron chi connectivity index (χ2n) is 5.24. The molecule has 0 saturated heterocycles. The Kier molecular flexibility index (Phi) is 5.93. The van der Waals surface area contributed by atoms with Crippen LogP contribution in [0.2, 0.25) is 10.0 Å². The number of likely N-dealkylation sites (N-methyl/N-ethyl adjacent to an activating group) is 1. The number of hydrogen-bond acceptors (Lipinski definition) is 1. The summed E-state index contributed by atoms with van der Waals surface area (Å²) in [7, 11) is 1.84. The van der Waals surface area contributed by atoms with Crippen LogP contribution in [-0.4, -0.2) is 19.5 Å². The molecule has 0 fully saturated rings. The van der Waals surface area contributed by atoms with Gasteiger partial charge in [-0.1, -0.05) is 29.3 Å². The van der Waals surface area contributed by atoms with Gasteiger partial charge in [0.15, 0.2) is 18.2 Å². The molecular formula is C16H15Cl2F2N2O+. The molecule has 2 aromatic carbocycles. The Hall–Kier alpha value is -1.69. The summed E-state index contributed by atoms with van der Waals surface area (Å²) in [5, 5.41) is 3.47. The van der Waals surface area contributed by atoms with E-state index in [1.54, 1.807) is 12.1 Å². The predicted octanol–water partition coefficient (Wildman–Crippen LogP) is 2.93. The largest absolute Gasteiger partial charge is 0.326 e. The molecule has 0 spiro atoms. The number of anilines is 1. The van der Waals surface area contributed by atoms with E-state index in [2.05, 4.69) is 5.32 Å². The molecule has 0 radical (unpaired) electrons. The monoisotopic (exact) mass is 359 g/mol. The lowest BCUT2D eigenvalue weighted by Crippen LogP contribution is -3.08. The number of benzene rings is 2. The predicted molar refractivity (Wildman–Crippen MR) is 86.9 cm³/mol. The molecule has 0 bridgehead atoms. The summed E-state index contributed by atoms with van der Waals surface area (Å²) in [6.45, 7) is 0.737. The first-order chi connectivity index (χ1) is 10.8. The average Bonchev–Trinajstić information content (AvgIpc) is 2.46. The van der Waals surface area contributed by atoms with E-state index in [0.717, 1.165) is 22.6 Å². The zero-order valence-corrected chi connectivity index (χ0v) is 13.8. The second-order valence-corrected chi connectivity index (χ2v) is 6.05. The molecule has 2 N–H and O–H groups in total. The quantitative estimate of drug-likeness (QED) is 0.845. The Balaban J connectivity index is 1.91. The van der Waals surface area contributed by atoms with Gasteiger partial charge in [0.1, 0.15) is 6.54 Å². The van der Waals surface area contributed by atoms with E-state index in [-0.39, 0.29) is 18.1 Å². The minimum absolute atomic E-state index is 0.166. The Morgan fingerprint density at radius 2 is 1.83 bits per heavy atom.